The molecular formula is C23H22O5. The van der Waals surface area contributed by atoms with Crippen molar-refractivity contribution in [3.8, 4) is 11.5 Å². The molecule has 0 fully saturated rings. The van der Waals surface area contributed by atoms with Crippen LogP contribution in [-0.4, -0.2) is 7.11 Å². The van der Waals surface area contributed by atoms with Crippen LogP contribution in [0.15, 0.2) is 56.3 Å². The Bertz CT molecular complexity index is 1200. The lowest BCUT2D eigenvalue weighted by molar-refractivity contribution is 0.312. The molecule has 0 bridgehead atoms. The van der Waals surface area contributed by atoms with E-state index in [4.69, 9.17) is 18.3 Å². The Morgan fingerprint density at radius 1 is 1.04 bits per heavy atom. The molecule has 2 aromatic carbocycles. The summed E-state index contributed by atoms with van der Waals surface area (Å²) in [5, 5.41) is 1.04. The van der Waals surface area contributed by atoms with Crippen LogP contribution in [0.4, 0.5) is 0 Å². The van der Waals surface area contributed by atoms with Crippen molar-refractivity contribution in [1.29, 1.82) is 0 Å². The molecule has 0 spiro atoms. The standard InChI is InChI=1S/C23H22O5/c1-13(2)16-7-5-15(6-8-16)12-27-20-17-9-10-26-21(17)23(25-4)22-19(20)18(24)11-14(3)28-22/h5-11,13H,12H2,1-4H3. The van der Waals surface area contributed by atoms with Gasteiger partial charge in [-0.3, -0.25) is 4.79 Å². The number of fused-ring (bicyclic) bond motifs is 2. The zero-order valence-corrected chi connectivity index (χ0v) is 16.4. The Kier molecular flexibility index (Phi) is 4.59. The largest absolute Gasteiger partial charge is 0.490 e. The quantitative estimate of drug-likeness (QED) is 0.455. The predicted molar refractivity (Wildman–Crippen MR) is 108 cm³/mol. The fourth-order valence-corrected chi connectivity index (χ4v) is 3.38. The van der Waals surface area contributed by atoms with Crippen molar-refractivity contribution in [2.24, 2.45) is 0 Å². The topological polar surface area (TPSA) is 61.8 Å². The Morgan fingerprint density at radius 2 is 1.79 bits per heavy atom. The fraction of sp³-hybridized carbons (Fsp3) is 0.261. The summed E-state index contributed by atoms with van der Waals surface area (Å²) in [4.78, 5) is 12.8. The third-order valence-electron chi connectivity index (χ3n) is 4.85. The highest BCUT2D eigenvalue weighted by Crippen LogP contribution is 2.42. The van der Waals surface area contributed by atoms with Gasteiger partial charge < -0.3 is 18.3 Å². The maximum atomic E-state index is 12.8. The highest BCUT2D eigenvalue weighted by Gasteiger charge is 2.22. The zero-order chi connectivity index (χ0) is 19.8. The summed E-state index contributed by atoms with van der Waals surface area (Å²) in [6.45, 7) is 6.37. The van der Waals surface area contributed by atoms with Crippen molar-refractivity contribution < 1.29 is 18.3 Å². The van der Waals surface area contributed by atoms with Crippen molar-refractivity contribution in [3.05, 3.63) is 69.8 Å². The molecule has 0 aliphatic rings. The second-order valence-electron chi connectivity index (χ2n) is 7.14. The van der Waals surface area contributed by atoms with Gasteiger partial charge in [-0.05, 0) is 30.0 Å². The molecule has 4 rings (SSSR count). The van der Waals surface area contributed by atoms with Crippen molar-refractivity contribution >= 4 is 21.9 Å². The molecule has 5 heteroatoms. The summed E-state index contributed by atoms with van der Waals surface area (Å²) in [6, 6.07) is 11.5. The van der Waals surface area contributed by atoms with Crippen LogP contribution in [0.25, 0.3) is 21.9 Å². The van der Waals surface area contributed by atoms with E-state index in [-0.39, 0.29) is 5.43 Å². The van der Waals surface area contributed by atoms with Gasteiger partial charge in [-0.1, -0.05) is 38.1 Å². The maximum Gasteiger partial charge on any atom is 0.206 e. The number of ether oxygens (including phenoxy) is 2. The second-order valence-corrected chi connectivity index (χ2v) is 7.14. The summed E-state index contributed by atoms with van der Waals surface area (Å²) in [7, 11) is 1.52. The second kappa shape index (κ2) is 7.08. The molecule has 0 aliphatic heterocycles. The van der Waals surface area contributed by atoms with Crippen LogP contribution in [0.1, 0.15) is 36.7 Å². The highest BCUT2D eigenvalue weighted by atomic mass is 16.5. The molecule has 0 amide bonds. The van der Waals surface area contributed by atoms with Gasteiger partial charge in [0.15, 0.2) is 16.6 Å². The van der Waals surface area contributed by atoms with Gasteiger partial charge in [0.25, 0.3) is 0 Å². The van der Waals surface area contributed by atoms with Gasteiger partial charge in [-0.15, -0.1) is 0 Å². The molecular weight excluding hydrogens is 356 g/mol. The molecule has 0 saturated carbocycles. The first kappa shape index (κ1) is 18.2. The molecule has 144 valence electrons. The first-order valence-corrected chi connectivity index (χ1v) is 9.23. The minimum absolute atomic E-state index is 0.176. The van der Waals surface area contributed by atoms with Crippen LogP contribution in [-0.2, 0) is 6.61 Å². The highest BCUT2D eigenvalue weighted by molar-refractivity contribution is 6.06. The third-order valence-corrected chi connectivity index (χ3v) is 4.85. The summed E-state index contributed by atoms with van der Waals surface area (Å²) in [6.07, 6.45) is 1.55. The smallest absolute Gasteiger partial charge is 0.206 e. The van der Waals surface area contributed by atoms with Crippen molar-refractivity contribution in [3.63, 3.8) is 0 Å². The first-order valence-electron chi connectivity index (χ1n) is 9.23. The first-order chi connectivity index (χ1) is 13.5. The average molecular weight is 378 g/mol. The van der Waals surface area contributed by atoms with E-state index in [2.05, 4.69) is 26.0 Å². The Hall–Kier alpha value is -3.21. The van der Waals surface area contributed by atoms with Gasteiger partial charge in [0.2, 0.25) is 5.75 Å². The molecule has 0 unspecified atom stereocenters. The van der Waals surface area contributed by atoms with E-state index < -0.39 is 0 Å². The van der Waals surface area contributed by atoms with Crippen LogP contribution in [0.2, 0.25) is 0 Å². The van der Waals surface area contributed by atoms with E-state index >= 15 is 0 Å². The zero-order valence-electron chi connectivity index (χ0n) is 16.4. The number of methoxy groups -OCH3 is 1. The number of aryl methyl sites for hydroxylation is 1. The predicted octanol–water partition coefficient (Wildman–Crippen LogP) is 5.56. The average Bonchev–Trinajstić information content (AvgIpc) is 3.14. The van der Waals surface area contributed by atoms with Crippen LogP contribution in [0.5, 0.6) is 11.5 Å². The Morgan fingerprint density at radius 3 is 2.46 bits per heavy atom. The SMILES string of the molecule is COc1c2occc2c(OCc2ccc(C(C)C)cc2)c2c(=O)cc(C)oc12. The lowest BCUT2D eigenvalue weighted by Gasteiger charge is -2.13. The van der Waals surface area contributed by atoms with E-state index in [9.17, 15) is 4.79 Å². The van der Waals surface area contributed by atoms with Gasteiger partial charge in [0.1, 0.15) is 23.5 Å². The van der Waals surface area contributed by atoms with E-state index in [1.54, 1.807) is 19.3 Å². The van der Waals surface area contributed by atoms with E-state index in [0.29, 0.717) is 51.7 Å². The number of hydrogen-bond donors (Lipinski definition) is 0. The van der Waals surface area contributed by atoms with Crippen LogP contribution in [0, 0.1) is 6.92 Å². The monoisotopic (exact) mass is 378 g/mol. The van der Waals surface area contributed by atoms with Gasteiger partial charge in [-0.25, -0.2) is 0 Å². The van der Waals surface area contributed by atoms with Crippen molar-refractivity contribution in [2.45, 2.75) is 33.3 Å². The van der Waals surface area contributed by atoms with Gasteiger partial charge in [-0.2, -0.15) is 0 Å². The fourth-order valence-electron chi connectivity index (χ4n) is 3.38. The molecule has 0 atom stereocenters. The van der Waals surface area contributed by atoms with Gasteiger partial charge in [0, 0.05) is 6.07 Å². The molecule has 0 N–H and O–H groups in total. The molecule has 4 aromatic rings. The minimum Gasteiger partial charge on any atom is -0.490 e. The molecule has 0 aliphatic carbocycles. The Balaban J connectivity index is 1.83. The lowest BCUT2D eigenvalue weighted by atomic mass is 10.0. The number of furan rings is 1. The molecule has 0 radical (unpaired) electrons. The summed E-state index contributed by atoms with van der Waals surface area (Å²) >= 11 is 0. The van der Waals surface area contributed by atoms with Gasteiger partial charge >= 0.3 is 0 Å². The number of rotatable bonds is 5. The molecule has 0 saturated heterocycles. The van der Waals surface area contributed by atoms with Crippen molar-refractivity contribution in [2.75, 3.05) is 7.11 Å². The number of hydrogen-bond acceptors (Lipinski definition) is 5. The minimum atomic E-state index is -0.176. The summed E-state index contributed by atoms with van der Waals surface area (Å²) in [5.74, 6) is 1.81. The van der Waals surface area contributed by atoms with Crippen molar-refractivity contribution in [1.82, 2.24) is 0 Å². The molecule has 28 heavy (non-hydrogen) atoms. The summed E-state index contributed by atoms with van der Waals surface area (Å²) < 4.78 is 23.0. The van der Waals surface area contributed by atoms with E-state index in [0.717, 1.165) is 5.56 Å². The Labute approximate surface area is 162 Å². The van der Waals surface area contributed by atoms with Crippen LogP contribution < -0.4 is 14.9 Å². The van der Waals surface area contributed by atoms with Crippen LogP contribution >= 0.6 is 0 Å². The van der Waals surface area contributed by atoms with E-state index in [1.807, 2.05) is 12.1 Å². The van der Waals surface area contributed by atoms with Crippen LogP contribution in [0.3, 0.4) is 0 Å². The van der Waals surface area contributed by atoms with Gasteiger partial charge in [0.05, 0.1) is 18.8 Å². The lowest BCUT2D eigenvalue weighted by Crippen LogP contribution is -2.06. The summed E-state index contributed by atoms with van der Waals surface area (Å²) in [5.41, 5.74) is 2.94. The third kappa shape index (κ3) is 3.03. The molecule has 5 nitrogen and oxygen atoms in total. The number of benzene rings is 2. The van der Waals surface area contributed by atoms with E-state index in [1.165, 1.54) is 18.7 Å². The normalized spacial score (nSPS) is 11.5. The maximum absolute atomic E-state index is 12.8. The molecule has 2 aromatic heterocycles. The molecule has 2 heterocycles.